The van der Waals surface area contributed by atoms with E-state index >= 15 is 0 Å². The molecule has 2 rings (SSSR count). The summed E-state index contributed by atoms with van der Waals surface area (Å²) in [6.45, 7) is 0. The van der Waals surface area contributed by atoms with Crippen molar-refractivity contribution in [2.75, 3.05) is 7.11 Å². The number of benzene rings is 1. The highest BCUT2D eigenvalue weighted by atomic mass is 79.9. The number of hydrogen-bond donors (Lipinski definition) is 0. The van der Waals surface area contributed by atoms with Gasteiger partial charge in [0, 0.05) is 9.89 Å². The minimum absolute atomic E-state index is 0.0633. The zero-order chi connectivity index (χ0) is 10.9. The van der Waals surface area contributed by atoms with Crippen molar-refractivity contribution in [2.24, 2.45) is 0 Å². The Bertz CT molecular complexity index is 366. The molecule has 0 bridgehead atoms. The Morgan fingerprint density at radius 2 is 2.00 bits per heavy atom. The minimum Gasteiger partial charge on any atom is -0.469 e. The average molecular weight is 269 g/mol. The van der Waals surface area contributed by atoms with Crippen molar-refractivity contribution in [3.8, 4) is 0 Å². The summed E-state index contributed by atoms with van der Waals surface area (Å²) >= 11 is 3.41. The molecule has 1 aromatic rings. The monoisotopic (exact) mass is 268 g/mol. The number of rotatable bonds is 3. The van der Waals surface area contributed by atoms with E-state index in [1.165, 1.54) is 12.7 Å². The lowest BCUT2D eigenvalue weighted by molar-refractivity contribution is -0.141. The van der Waals surface area contributed by atoms with Gasteiger partial charge in [-0.15, -0.1) is 0 Å². The van der Waals surface area contributed by atoms with E-state index in [9.17, 15) is 4.79 Å². The third kappa shape index (κ3) is 2.23. The maximum absolute atomic E-state index is 11.3. The maximum Gasteiger partial charge on any atom is 0.306 e. The smallest absolute Gasteiger partial charge is 0.306 e. The van der Waals surface area contributed by atoms with Crippen LogP contribution >= 0.6 is 15.9 Å². The summed E-state index contributed by atoms with van der Waals surface area (Å²) < 4.78 is 5.79. The van der Waals surface area contributed by atoms with Gasteiger partial charge in [-0.05, 0) is 30.5 Å². The van der Waals surface area contributed by atoms with Crippen molar-refractivity contribution < 1.29 is 9.53 Å². The van der Waals surface area contributed by atoms with Crippen LogP contribution in [0.2, 0.25) is 0 Å². The van der Waals surface area contributed by atoms with Crippen LogP contribution in [0, 0.1) is 0 Å². The van der Waals surface area contributed by atoms with E-state index in [1.54, 1.807) is 0 Å². The van der Waals surface area contributed by atoms with Gasteiger partial charge in [0.05, 0.1) is 13.5 Å². The van der Waals surface area contributed by atoms with Crippen molar-refractivity contribution in [2.45, 2.75) is 24.7 Å². The summed E-state index contributed by atoms with van der Waals surface area (Å²) in [5.74, 6) is -0.115. The van der Waals surface area contributed by atoms with E-state index in [0.717, 1.165) is 17.3 Å². The van der Waals surface area contributed by atoms with Gasteiger partial charge in [-0.3, -0.25) is 4.79 Å². The standard InChI is InChI=1S/C12H13BrO2/c1-15-11(14)8-12(6-7-12)9-2-4-10(13)5-3-9/h2-5H,6-8H2,1H3. The van der Waals surface area contributed by atoms with Crippen molar-refractivity contribution in [1.29, 1.82) is 0 Å². The van der Waals surface area contributed by atoms with Gasteiger partial charge in [0.1, 0.15) is 0 Å². The average Bonchev–Trinajstić information content (AvgIpc) is 3.00. The van der Waals surface area contributed by atoms with E-state index in [0.29, 0.717) is 6.42 Å². The Morgan fingerprint density at radius 1 is 1.40 bits per heavy atom. The summed E-state index contributed by atoms with van der Waals surface area (Å²) in [4.78, 5) is 11.3. The highest BCUT2D eigenvalue weighted by molar-refractivity contribution is 9.10. The molecular formula is C12H13BrO2. The lowest BCUT2D eigenvalue weighted by Crippen LogP contribution is -2.14. The van der Waals surface area contributed by atoms with Crippen molar-refractivity contribution in [1.82, 2.24) is 0 Å². The molecule has 0 spiro atoms. The zero-order valence-electron chi connectivity index (χ0n) is 8.63. The molecule has 1 aliphatic carbocycles. The molecule has 0 unspecified atom stereocenters. The molecule has 0 heterocycles. The van der Waals surface area contributed by atoms with Crippen LogP contribution in [-0.2, 0) is 14.9 Å². The molecule has 0 amide bonds. The van der Waals surface area contributed by atoms with Crippen LogP contribution < -0.4 is 0 Å². The van der Waals surface area contributed by atoms with Gasteiger partial charge in [0.25, 0.3) is 0 Å². The molecular weight excluding hydrogens is 256 g/mol. The lowest BCUT2D eigenvalue weighted by atomic mass is 9.93. The number of carbonyl (C=O) groups is 1. The molecule has 0 radical (unpaired) electrons. The Kier molecular flexibility index (Phi) is 2.83. The summed E-state index contributed by atoms with van der Waals surface area (Å²) in [5, 5.41) is 0. The van der Waals surface area contributed by atoms with Gasteiger partial charge in [0.15, 0.2) is 0 Å². The van der Waals surface area contributed by atoms with E-state index in [-0.39, 0.29) is 11.4 Å². The molecule has 0 aromatic heterocycles. The summed E-state index contributed by atoms with van der Waals surface area (Å²) in [6.07, 6.45) is 2.68. The molecule has 3 heteroatoms. The van der Waals surface area contributed by atoms with Gasteiger partial charge >= 0.3 is 5.97 Å². The Hall–Kier alpha value is -0.830. The molecule has 2 nitrogen and oxygen atoms in total. The predicted molar refractivity (Wildman–Crippen MR) is 61.7 cm³/mol. The fourth-order valence-electron chi connectivity index (χ4n) is 1.87. The van der Waals surface area contributed by atoms with Crippen molar-refractivity contribution >= 4 is 21.9 Å². The van der Waals surface area contributed by atoms with Crippen LogP contribution in [0.15, 0.2) is 28.7 Å². The van der Waals surface area contributed by atoms with Crippen LogP contribution in [0.25, 0.3) is 0 Å². The van der Waals surface area contributed by atoms with E-state index in [1.807, 2.05) is 12.1 Å². The first-order valence-corrected chi connectivity index (χ1v) is 5.78. The summed E-state index contributed by atoms with van der Waals surface area (Å²) in [7, 11) is 1.44. The minimum atomic E-state index is -0.115. The largest absolute Gasteiger partial charge is 0.469 e. The van der Waals surface area contributed by atoms with Gasteiger partial charge in [-0.1, -0.05) is 28.1 Å². The van der Waals surface area contributed by atoms with Gasteiger partial charge in [0.2, 0.25) is 0 Å². The van der Waals surface area contributed by atoms with Crippen LogP contribution in [0.1, 0.15) is 24.8 Å². The fourth-order valence-corrected chi connectivity index (χ4v) is 2.13. The van der Waals surface area contributed by atoms with E-state index < -0.39 is 0 Å². The zero-order valence-corrected chi connectivity index (χ0v) is 10.2. The lowest BCUT2D eigenvalue weighted by Gasteiger charge is -2.13. The molecule has 1 saturated carbocycles. The van der Waals surface area contributed by atoms with Crippen LogP contribution in [0.3, 0.4) is 0 Å². The summed E-state index contributed by atoms with van der Waals surface area (Å²) in [5.41, 5.74) is 1.31. The van der Waals surface area contributed by atoms with Crippen LogP contribution in [-0.4, -0.2) is 13.1 Å². The maximum atomic E-state index is 11.3. The third-order valence-electron chi connectivity index (χ3n) is 3.02. The highest BCUT2D eigenvalue weighted by Gasteiger charge is 2.46. The Morgan fingerprint density at radius 3 is 2.47 bits per heavy atom. The Balaban J connectivity index is 2.16. The SMILES string of the molecule is COC(=O)CC1(c2ccc(Br)cc2)CC1. The van der Waals surface area contributed by atoms with E-state index in [4.69, 9.17) is 4.74 Å². The first kappa shape index (κ1) is 10.7. The number of ether oxygens (including phenoxy) is 1. The molecule has 0 aliphatic heterocycles. The van der Waals surface area contributed by atoms with Crippen molar-refractivity contribution in [3.05, 3.63) is 34.3 Å². The molecule has 1 aliphatic rings. The number of esters is 1. The predicted octanol–water partition coefficient (Wildman–Crippen LogP) is 3.04. The molecule has 0 N–H and O–H groups in total. The molecule has 1 aromatic carbocycles. The third-order valence-corrected chi connectivity index (χ3v) is 3.55. The normalized spacial score (nSPS) is 17.2. The second-order valence-electron chi connectivity index (χ2n) is 4.04. The first-order valence-electron chi connectivity index (χ1n) is 4.99. The van der Waals surface area contributed by atoms with Gasteiger partial charge < -0.3 is 4.74 Å². The van der Waals surface area contributed by atoms with Gasteiger partial charge in [-0.25, -0.2) is 0 Å². The van der Waals surface area contributed by atoms with Crippen LogP contribution in [0.4, 0.5) is 0 Å². The summed E-state index contributed by atoms with van der Waals surface area (Å²) in [6, 6.07) is 8.21. The number of halogens is 1. The fraction of sp³-hybridized carbons (Fsp3) is 0.417. The quantitative estimate of drug-likeness (QED) is 0.788. The Labute approximate surface area is 97.8 Å². The van der Waals surface area contributed by atoms with E-state index in [2.05, 4.69) is 28.1 Å². The molecule has 80 valence electrons. The molecule has 15 heavy (non-hydrogen) atoms. The molecule has 0 atom stereocenters. The first-order chi connectivity index (χ1) is 7.16. The second kappa shape index (κ2) is 3.97. The molecule has 0 saturated heterocycles. The molecule has 1 fully saturated rings. The topological polar surface area (TPSA) is 26.3 Å². The highest BCUT2D eigenvalue weighted by Crippen LogP contribution is 2.51. The van der Waals surface area contributed by atoms with Crippen LogP contribution in [0.5, 0.6) is 0 Å². The number of hydrogen-bond acceptors (Lipinski definition) is 2. The van der Waals surface area contributed by atoms with Crippen molar-refractivity contribution in [3.63, 3.8) is 0 Å². The number of carbonyl (C=O) groups excluding carboxylic acids is 1. The number of methoxy groups -OCH3 is 1. The second-order valence-corrected chi connectivity index (χ2v) is 4.96. The van der Waals surface area contributed by atoms with Gasteiger partial charge in [-0.2, -0.15) is 0 Å².